The fourth-order valence-electron chi connectivity index (χ4n) is 1.50. The topological polar surface area (TPSA) is 94.1 Å². The number of rotatable bonds is 3. The van der Waals surface area contributed by atoms with Gasteiger partial charge in [0.25, 0.3) is 11.8 Å². The van der Waals surface area contributed by atoms with Gasteiger partial charge >= 0.3 is 6.01 Å². The Morgan fingerprint density at radius 2 is 2.15 bits per heavy atom. The summed E-state index contributed by atoms with van der Waals surface area (Å²) in [6.45, 7) is 0. The number of nitrogens with one attached hydrogen (secondary N) is 1. The number of halogens is 1. The van der Waals surface area contributed by atoms with Crippen molar-refractivity contribution in [1.29, 1.82) is 0 Å². The maximum absolute atomic E-state index is 12.0. The molecule has 0 atom stereocenters. The Morgan fingerprint density at radius 3 is 2.90 bits per heavy atom. The Labute approximate surface area is 121 Å². The first-order chi connectivity index (χ1) is 9.72. The molecule has 0 saturated carbocycles. The van der Waals surface area contributed by atoms with E-state index < -0.39 is 0 Å². The lowest BCUT2D eigenvalue weighted by Crippen LogP contribution is -2.11. The van der Waals surface area contributed by atoms with Gasteiger partial charge in [-0.3, -0.25) is 10.1 Å². The third-order valence-corrected chi connectivity index (χ3v) is 2.87. The van der Waals surface area contributed by atoms with E-state index in [4.69, 9.17) is 8.94 Å². The molecule has 0 spiro atoms. The number of amides is 1. The number of carbonyl (C=O) groups is 1. The first-order valence-electron chi connectivity index (χ1n) is 5.54. The summed E-state index contributed by atoms with van der Waals surface area (Å²) >= 11 is 3.30. The minimum atomic E-state index is -0.348. The molecule has 3 aromatic rings. The highest BCUT2D eigenvalue weighted by molar-refractivity contribution is 9.10. The van der Waals surface area contributed by atoms with Crippen LogP contribution in [0.15, 0.2) is 49.9 Å². The first-order valence-corrected chi connectivity index (χ1v) is 6.33. The van der Waals surface area contributed by atoms with Crippen LogP contribution in [0.2, 0.25) is 0 Å². The lowest BCUT2D eigenvalue weighted by atomic mass is 10.2. The van der Waals surface area contributed by atoms with Crippen molar-refractivity contribution < 1.29 is 13.7 Å². The molecule has 1 amide bonds. The molecule has 0 unspecified atom stereocenters. The average Bonchev–Trinajstić information content (AvgIpc) is 3.08. The van der Waals surface area contributed by atoms with Crippen LogP contribution in [0.3, 0.4) is 0 Å². The molecule has 1 aromatic carbocycles. The number of carbonyl (C=O) groups excluding carboxylic acids is 1. The number of nitrogens with zero attached hydrogens (tertiary/aromatic N) is 3. The van der Waals surface area contributed by atoms with Crippen LogP contribution in [0, 0.1) is 0 Å². The zero-order chi connectivity index (χ0) is 13.9. The van der Waals surface area contributed by atoms with Gasteiger partial charge in [-0.25, -0.2) is 0 Å². The molecule has 8 heteroatoms. The van der Waals surface area contributed by atoms with E-state index >= 15 is 0 Å². The molecule has 0 aliphatic heterocycles. The van der Waals surface area contributed by atoms with Gasteiger partial charge in [0, 0.05) is 16.1 Å². The summed E-state index contributed by atoms with van der Waals surface area (Å²) in [5.74, 6) is 0.131. The zero-order valence-corrected chi connectivity index (χ0v) is 11.5. The molecule has 0 radical (unpaired) electrons. The van der Waals surface area contributed by atoms with Crippen LogP contribution in [0.4, 0.5) is 6.01 Å². The van der Waals surface area contributed by atoms with E-state index in [1.165, 1.54) is 6.20 Å². The monoisotopic (exact) mass is 334 g/mol. The highest BCUT2D eigenvalue weighted by Crippen LogP contribution is 2.19. The van der Waals surface area contributed by atoms with Crippen molar-refractivity contribution in [2.75, 3.05) is 5.32 Å². The molecular weight excluding hydrogens is 328 g/mol. The van der Waals surface area contributed by atoms with E-state index in [1.54, 1.807) is 24.3 Å². The lowest BCUT2D eigenvalue weighted by Gasteiger charge is -2.00. The van der Waals surface area contributed by atoms with Crippen molar-refractivity contribution in [3.8, 4) is 11.7 Å². The van der Waals surface area contributed by atoms with Gasteiger partial charge in [0.1, 0.15) is 0 Å². The fourth-order valence-corrected chi connectivity index (χ4v) is 1.90. The third kappa shape index (κ3) is 2.59. The molecule has 0 aliphatic carbocycles. The summed E-state index contributed by atoms with van der Waals surface area (Å²) in [7, 11) is 0. The summed E-state index contributed by atoms with van der Waals surface area (Å²) in [4.78, 5) is 12.0. The summed E-state index contributed by atoms with van der Waals surface area (Å²) in [5, 5.41) is 13.5. The van der Waals surface area contributed by atoms with Crippen LogP contribution in [-0.2, 0) is 0 Å². The van der Waals surface area contributed by atoms with E-state index in [0.29, 0.717) is 11.3 Å². The van der Waals surface area contributed by atoms with Crippen LogP contribution < -0.4 is 5.32 Å². The number of hydrogen-bond donors (Lipinski definition) is 1. The molecule has 100 valence electrons. The lowest BCUT2D eigenvalue weighted by molar-refractivity contribution is 0.102. The van der Waals surface area contributed by atoms with Crippen molar-refractivity contribution in [2.24, 2.45) is 0 Å². The van der Waals surface area contributed by atoms with Gasteiger partial charge in [0.05, 0.1) is 6.20 Å². The van der Waals surface area contributed by atoms with E-state index in [1.807, 2.05) is 6.07 Å². The molecule has 2 aromatic heterocycles. The van der Waals surface area contributed by atoms with Crippen LogP contribution in [0.5, 0.6) is 0 Å². The van der Waals surface area contributed by atoms with Gasteiger partial charge in [-0.05, 0) is 18.2 Å². The van der Waals surface area contributed by atoms with Crippen molar-refractivity contribution >= 4 is 27.9 Å². The quantitative estimate of drug-likeness (QED) is 0.791. The minimum absolute atomic E-state index is 0.0126. The molecule has 0 fully saturated rings. The molecule has 20 heavy (non-hydrogen) atoms. The molecule has 3 rings (SSSR count). The largest absolute Gasteiger partial charge is 0.400 e. The summed E-state index contributed by atoms with van der Waals surface area (Å²) < 4.78 is 10.9. The molecule has 2 heterocycles. The standard InChI is InChI=1S/C12H7BrN4O3/c13-8-3-1-2-7(6-8)10(18)15-12-17-16-11(19-12)9-4-5-14-20-9/h1-6H,(H,15,17,18). The zero-order valence-electron chi connectivity index (χ0n) is 9.91. The van der Waals surface area contributed by atoms with Crippen LogP contribution >= 0.6 is 15.9 Å². The van der Waals surface area contributed by atoms with Gasteiger partial charge in [-0.1, -0.05) is 32.3 Å². The van der Waals surface area contributed by atoms with Gasteiger partial charge in [0.2, 0.25) is 5.76 Å². The van der Waals surface area contributed by atoms with E-state index in [9.17, 15) is 4.79 Å². The Kier molecular flexibility index (Phi) is 3.30. The Hall–Kier alpha value is -2.48. The molecule has 7 nitrogen and oxygen atoms in total. The van der Waals surface area contributed by atoms with E-state index in [0.717, 1.165) is 4.47 Å². The van der Waals surface area contributed by atoms with E-state index in [2.05, 4.69) is 36.6 Å². The normalized spacial score (nSPS) is 10.4. The first kappa shape index (κ1) is 12.5. The third-order valence-electron chi connectivity index (χ3n) is 2.38. The van der Waals surface area contributed by atoms with Crippen molar-refractivity contribution in [3.05, 3.63) is 46.6 Å². The maximum Gasteiger partial charge on any atom is 0.322 e. The van der Waals surface area contributed by atoms with Crippen molar-refractivity contribution in [1.82, 2.24) is 15.4 Å². The predicted molar refractivity (Wildman–Crippen MR) is 71.9 cm³/mol. The van der Waals surface area contributed by atoms with Gasteiger partial charge in [-0.2, -0.15) is 0 Å². The summed E-state index contributed by atoms with van der Waals surface area (Å²) in [5.41, 5.74) is 0.471. The van der Waals surface area contributed by atoms with Gasteiger partial charge in [-0.15, -0.1) is 5.10 Å². The molecular formula is C12H7BrN4O3. The van der Waals surface area contributed by atoms with Crippen molar-refractivity contribution in [3.63, 3.8) is 0 Å². The number of anilines is 1. The van der Waals surface area contributed by atoms with Crippen LogP contribution in [0.1, 0.15) is 10.4 Å². The molecule has 1 N–H and O–H groups in total. The smallest absolute Gasteiger partial charge is 0.322 e. The Morgan fingerprint density at radius 1 is 1.25 bits per heavy atom. The van der Waals surface area contributed by atoms with Crippen LogP contribution in [0.25, 0.3) is 11.7 Å². The highest BCUT2D eigenvalue weighted by Gasteiger charge is 2.14. The second kappa shape index (κ2) is 5.25. The Bertz CT molecular complexity index is 739. The minimum Gasteiger partial charge on any atom is -0.400 e. The fraction of sp³-hybridized carbons (Fsp3) is 0. The van der Waals surface area contributed by atoms with Gasteiger partial charge in [0.15, 0.2) is 0 Å². The molecule has 0 saturated heterocycles. The summed E-state index contributed by atoms with van der Waals surface area (Å²) in [6.07, 6.45) is 1.46. The summed E-state index contributed by atoms with van der Waals surface area (Å²) in [6, 6.07) is 8.50. The maximum atomic E-state index is 12.0. The second-order valence-corrected chi connectivity index (χ2v) is 4.67. The number of aromatic nitrogens is 3. The highest BCUT2D eigenvalue weighted by atomic mass is 79.9. The number of hydrogen-bond acceptors (Lipinski definition) is 6. The van der Waals surface area contributed by atoms with Crippen molar-refractivity contribution in [2.45, 2.75) is 0 Å². The van der Waals surface area contributed by atoms with Gasteiger partial charge < -0.3 is 8.94 Å². The van der Waals surface area contributed by atoms with Crippen LogP contribution in [-0.4, -0.2) is 21.3 Å². The average molecular weight is 335 g/mol. The van der Waals surface area contributed by atoms with E-state index in [-0.39, 0.29) is 17.8 Å². The Balaban J connectivity index is 1.77. The second-order valence-electron chi connectivity index (χ2n) is 3.75. The molecule has 0 bridgehead atoms. The molecule has 0 aliphatic rings. The SMILES string of the molecule is O=C(Nc1nnc(-c2ccno2)o1)c1cccc(Br)c1. The predicted octanol–water partition coefficient (Wildman–Crippen LogP) is 2.74. The number of benzene rings is 1.